The molecule has 0 bridgehead atoms. The van der Waals surface area contributed by atoms with Gasteiger partial charge in [-0.05, 0) is 25.5 Å². The Hall–Kier alpha value is -1.04. The molecule has 1 aliphatic carbocycles. The first kappa shape index (κ1) is 13.4. The summed E-state index contributed by atoms with van der Waals surface area (Å²) in [5, 5.41) is 2.29. The predicted molar refractivity (Wildman–Crippen MR) is 69.1 cm³/mol. The maximum atomic E-state index is 12.2. The van der Waals surface area contributed by atoms with Gasteiger partial charge in [-0.25, -0.2) is 4.79 Å². The number of nitrogens with zero attached hydrogens (tertiary/aromatic N) is 1. The van der Waals surface area contributed by atoms with Crippen LogP contribution in [-0.4, -0.2) is 40.3 Å². The largest absolute Gasteiger partial charge is 0.330 e. The third kappa shape index (κ3) is 2.39. The molecule has 4 amide bonds. The molecular formula is C12H18N2O3S. The van der Waals surface area contributed by atoms with Gasteiger partial charge in [0, 0.05) is 11.3 Å². The Kier molecular flexibility index (Phi) is 3.66. The van der Waals surface area contributed by atoms with Gasteiger partial charge >= 0.3 is 6.03 Å². The van der Waals surface area contributed by atoms with Gasteiger partial charge < -0.3 is 0 Å². The number of hydrogen-bond donors (Lipinski definition) is 1. The van der Waals surface area contributed by atoms with Crippen molar-refractivity contribution in [1.82, 2.24) is 10.2 Å². The summed E-state index contributed by atoms with van der Waals surface area (Å²) in [5.41, 5.74) is 0. The van der Waals surface area contributed by atoms with Crippen LogP contribution in [0.5, 0.6) is 0 Å². The molecule has 0 aromatic carbocycles. The molecule has 0 aromatic heterocycles. The fourth-order valence-electron chi connectivity index (χ4n) is 2.21. The molecule has 100 valence electrons. The van der Waals surface area contributed by atoms with Crippen LogP contribution in [0.3, 0.4) is 0 Å². The van der Waals surface area contributed by atoms with Crippen LogP contribution in [0.2, 0.25) is 0 Å². The van der Waals surface area contributed by atoms with E-state index in [1.165, 1.54) is 4.90 Å². The molecule has 1 atom stereocenters. The van der Waals surface area contributed by atoms with Crippen LogP contribution in [0, 0.1) is 5.92 Å². The Labute approximate surface area is 111 Å². The molecule has 0 spiro atoms. The number of nitrogens with one attached hydrogen (secondary N) is 1. The third-order valence-corrected chi connectivity index (χ3v) is 5.02. The van der Waals surface area contributed by atoms with Gasteiger partial charge in [0.25, 0.3) is 0 Å². The fourth-order valence-corrected chi connectivity index (χ4v) is 2.98. The second-order valence-corrected chi connectivity index (χ2v) is 6.22. The maximum Gasteiger partial charge on any atom is 0.330 e. The van der Waals surface area contributed by atoms with Gasteiger partial charge in [0.1, 0.15) is 5.92 Å². The fraction of sp³-hybridized carbons (Fsp3) is 0.750. The van der Waals surface area contributed by atoms with Gasteiger partial charge in [-0.1, -0.05) is 13.3 Å². The molecule has 1 N–H and O–H groups in total. The first-order valence-electron chi connectivity index (χ1n) is 6.24. The third-order valence-electron chi connectivity index (χ3n) is 3.62. The normalized spacial score (nSPS) is 26.2. The van der Waals surface area contributed by atoms with Crippen LogP contribution >= 0.6 is 11.8 Å². The van der Waals surface area contributed by atoms with Crippen molar-refractivity contribution in [3.8, 4) is 0 Å². The Bertz CT molecular complexity index is 393. The summed E-state index contributed by atoms with van der Waals surface area (Å²) >= 11 is 1.69. The van der Waals surface area contributed by atoms with Crippen molar-refractivity contribution in [2.75, 3.05) is 12.8 Å². The Morgan fingerprint density at radius 3 is 2.56 bits per heavy atom. The zero-order valence-electron chi connectivity index (χ0n) is 10.7. The van der Waals surface area contributed by atoms with Gasteiger partial charge in [0.2, 0.25) is 11.8 Å². The molecule has 2 rings (SSSR count). The number of imide groups is 2. The Morgan fingerprint density at radius 1 is 1.39 bits per heavy atom. The Balaban J connectivity index is 2.11. The standard InChI is InChI=1S/C12H18N2O3S/c1-3-4-8-9(15)13-11(17)14(10(8)16)7-12(18-2)5-6-12/h8H,3-7H2,1-2H3,(H,13,15,17). The maximum absolute atomic E-state index is 12.2. The molecule has 6 heteroatoms. The smallest absolute Gasteiger partial charge is 0.277 e. The molecule has 1 saturated heterocycles. The lowest BCUT2D eigenvalue weighted by Gasteiger charge is -2.32. The quantitative estimate of drug-likeness (QED) is 0.766. The summed E-state index contributed by atoms with van der Waals surface area (Å²) in [5.74, 6) is -1.46. The van der Waals surface area contributed by atoms with E-state index >= 15 is 0 Å². The minimum absolute atomic E-state index is 0.0319. The molecule has 5 nitrogen and oxygen atoms in total. The molecule has 1 heterocycles. The van der Waals surface area contributed by atoms with E-state index < -0.39 is 17.9 Å². The summed E-state index contributed by atoms with van der Waals surface area (Å²) in [7, 11) is 0. The zero-order valence-corrected chi connectivity index (χ0v) is 11.5. The average molecular weight is 270 g/mol. The SMILES string of the molecule is CCCC1C(=O)NC(=O)N(CC2(SC)CC2)C1=O. The lowest BCUT2D eigenvalue weighted by molar-refractivity contribution is -0.142. The second kappa shape index (κ2) is 4.91. The number of hydrogen-bond acceptors (Lipinski definition) is 4. The van der Waals surface area contributed by atoms with Crippen molar-refractivity contribution in [2.24, 2.45) is 5.92 Å². The van der Waals surface area contributed by atoms with Crippen molar-refractivity contribution in [1.29, 1.82) is 0 Å². The molecule has 0 aromatic rings. The summed E-state index contributed by atoms with van der Waals surface area (Å²) < 4.78 is 0.0319. The molecular weight excluding hydrogens is 252 g/mol. The number of carbonyl (C=O) groups is 3. The first-order chi connectivity index (χ1) is 8.53. The number of carbonyl (C=O) groups excluding carboxylic acids is 3. The highest BCUT2D eigenvalue weighted by molar-refractivity contribution is 8.00. The van der Waals surface area contributed by atoms with Crippen molar-refractivity contribution in [3.63, 3.8) is 0 Å². The van der Waals surface area contributed by atoms with Crippen molar-refractivity contribution in [3.05, 3.63) is 0 Å². The highest BCUT2D eigenvalue weighted by atomic mass is 32.2. The summed E-state index contributed by atoms with van der Waals surface area (Å²) in [6.45, 7) is 2.35. The van der Waals surface area contributed by atoms with Gasteiger partial charge in [-0.2, -0.15) is 11.8 Å². The highest BCUT2D eigenvalue weighted by Gasteiger charge is 2.48. The molecule has 18 heavy (non-hydrogen) atoms. The number of barbiturate groups is 1. The van der Waals surface area contributed by atoms with Gasteiger partial charge in [0.15, 0.2) is 0 Å². The minimum Gasteiger partial charge on any atom is -0.277 e. The number of urea groups is 1. The summed E-state index contributed by atoms with van der Waals surface area (Å²) in [6, 6.07) is -0.558. The average Bonchev–Trinajstić information content (AvgIpc) is 3.11. The van der Waals surface area contributed by atoms with E-state index in [0.717, 1.165) is 19.3 Å². The van der Waals surface area contributed by atoms with E-state index in [9.17, 15) is 14.4 Å². The van der Waals surface area contributed by atoms with Crippen LogP contribution in [-0.2, 0) is 9.59 Å². The molecule has 1 unspecified atom stereocenters. The number of rotatable bonds is 5. The number of amides is 4. The van der Waals surface area contributed by atoms with E-state index in [0.29, 0.717) is 13.0 Å². The van der Waals surface area contributed by atoms with E-state index in [2.05, 4.69) is 5.32 Å². The molecule has 0 radical (unpaired) electrons. The van der Waals surface area contributed by atoms with Gasteiger partial charge in [0.05, 0.1) is 0 Å². The van der Waals surface area contributed by atoms with E-state index in [1.54, 1.807) is 11.8 Å². The summed E-state index contributed by atoms with van der Waals surface area (Å²) in [6.07, 6.45) is 5.30. The topological polar surface area (TPSA) is 66.5 Å². The first-order valence-corrected chi connectivity index (χ1v) is 7.47. The zero-order chi connectivity index (χ0) is 13.3. The van der Waals surface area contributed by atoms with Crippen molar-refractivity contribution < 1.29 is 14.4 Å². The highest BCUT2D eigenvalue weighted by Crippen LogP contribution is 2.48. The molecule has 1 saturated carbocycles. The minimum atomic E-state index is -0.689. The molecule has 2 aliphatic rings. The van der Waals surface area contributed by atoms with Crippen molar-refractivity contribution in [2.45, 2.75) is 37.4 Å². The van der Waals surface area contributed by atoms with Crippen molar-refractivity contribution >= 4 is 29.6 Å². The monoisotopic (exact) mass is 270 g/mol. The predicted octanol–water partition coefficient (Wildman–Crippen LogP) is 1.38. The lowest BCUT2D eigenvalue weighted by Crippen LogP contribution is -2.59. The summed E-state index contributed by atoms with van der Waals surface area (Å²) in [4.78, 5) is 36.8. The second-order valence-electron chi connectivity index (χ2n) is 4.95. The lowest BCUT2D eigenvalue weighted by atomic mass is 9.99. The van der Waals surface area contributed by atoms with Crippen LogP contribution in [0.4, 0.5) is 4.79 Å². The van der Waals surface area contributed by atoms with E-state index in [1.807, 2.05) is 13.2 Å². The van der Waals surface area contributed by atoms with Crippen LogP contribution in [0.1, 0.15) is 32.6 Å². The van der Waals surface area contributed by atoms with E-state index in [4.69, 9.17) is 0 Å². The van der Waals surface area contributed by atoms with Crippen LogP contribution in [0.25, 0.3) is 0 Å². The molecule has 1 aliphatic heterocycles. The van der Waals surface area contributed by atoms with Gasteiger partial charge in [-0.3, -0.25) is 19.8 Å². The number of thioether (sulfide) groups is 1. The van der Waals surface area contributed by atoms with Crippen LogP contribution < -0.4 is 5.32 Å². The van der Waals surface area contributed by atoms with Gasteiger partial charge in [-0.15, -0.1) is 0 Å². The van der Waals surface area contributed by atoms with Crippen LogP contribution in [0.15, 0.2) is 0 Å². The van der Waals surface area contributed by atoms with E-state index in [-0.39, 0.29) is 10.7 Å². The Morgan fingerprint density at radius 2 is 2.06 bits per heavy atom. The molecule has 2 fully saturated rings.